The molecule has 7 nitrogen and oxygen atoms in total. The van der Waals surface area contributed by atoms with Crippen LogP contribution in [0, 0.1) is 6.92 Å². The third-order valence-corrected chi connectivity index (χ3v) is 6.86. The highest BCUT2D eigenvalue weighted by atomic mass is 32.1. The number of aromatic nitrogens is 5. The lowest BCUT2D eigenvalue weighted by molar-refractivity contribution is 0.301. The van der Waals surface area contributed by atoms with Gasteiger partial charge in [-0.15, -0.1) is 21.5 Å². The molecule has 0 bridgehead atoms. The van der Waals surface area contributed by atoms with Gasteiger partial charge in [0.1, 0.15) is 5.82 Å². The normalized spacial score (nSPS) is 22.0. The number of nitrogens with zero attached hydrogens (tertiary/aromatic N) is 6. The number of aryl methyl sites for hydroxylation is 2. The van der Waals surface area contributed by atoms with Crippen LogP contribution in [0.2, 0.25) is 0 Å². The van der Waals surface area contributed by atoms with Crippen molar-refractivity contribution in [1.82, 2.24) is 29.2 Å². The molecule has 1 unspecified atom stereocenters. The summed E-state index contributed by atoms with van der Waals surface area (Å²) in [6.07, 6.45) is 5.49. The Hall–Kier alpha value is -2.32. The zero-order valence-electron chi connectivity index (χ0n) is 15.6. The Morgan fingerprint density at radius 3 is 2.81 bits per heavy atom. The summed E-state index contributed by atoms with van der Waals surface area (Å²) < 4.78 is 3.64. The summed E-state index contributed by atoms with van der Waals surface area (Å²) in [5, 5.41) is 8.83. The Morgan fingerprint density at radius 1 is 1.22 bits per heavy atom. The van der Waals surface area contributed by atoms with Gasteiger partial charge in [0.05, 0.1) is 0 Å². The number of likely N-dealkylation sites (tertiary alicyclic amines) is 1. The molecule has 3 aromatic heterocycles. The first-order chi connectivity index (χ1) is 13.1. The zero-order chi connectivity index (χ0) is 18.6. The minimum absolute atomic E-state index is 0.0430. The van der Waals surface area contributed by atoms with Gasteiger partial charge in [-0.05, 0) is 38.4 Å². The first-order valence-electron chi connectivity index (χ1n) is 9.29. The topological polar surface area (TPSA) is 68.8 Å². The van der Waals surface area contributed by atoms with Crippen molar-refractivity contribution >= 4 is 11.3 Å². The molecule has 0 aliphatic carbocycles. The van der Waals surface area contributed by atoms with Crippen LogP contribution in [0.4, 0.5) is 0 Å². The average molecular weight is 382 g/mol. The maximum absolute atomic E-state index is 13.0. The molecule has 2 aliphatic rings. The molecule has 8 heteroatoms. The van der Waals surface area contributed by atoms with E-state index in [0.29, 0.717) is 18.1 Å². The van der Waals surface area contributed by atoms with Crippen LogP contribution in [0.3, 0.4) is 0 Å². The molecule has 1 fully saturated rings. The first kappa shape index (κ1) is 16.8. The van der Waals surface area contributed by atoms with E-state index in [1.54, 1.807) is 6.20 Å². The van der Waals surface area contributed by atoms with Crippen LogP contribution in [-0.2, 0) is 25.6 Å². The summed E-state index contributed by atoms with van der Waals surface area (Å²) in [7, 11) is 1.87. The summed E-state index contributed by atoms with van der Waals surface area (Å²) in [4.78, 5) is 22.5. The highest BCUT2D eigenvalue weighted by Crippen LogP contribution is 2.41. The Bertz CT molecular complexity index is 1070. The van der Waals surface area contributed by atoms with Gasteiger partial charge in [0.25, 0.3) is 5.56 Å². The summed E-state index contributed by atoms with van der Waals surface area (Å²) in [5.74, 6) is 1.43. The molecule has 0 saturated carbocycles. The van der Waals surface area contributed by atoms with Gasteiger partial charge in [0.2, 0.25) is 0 Å². The molecule has 2 aliphatic heterocycles. The predicted octanol–water partition coefficient (Wildman–Crippen LogP) is 1.96. The molecule has 3 aromatic rings. The maximum atomic E-state index is 13.0. The highest BCUT2D eigenvalue weighted by molar-refractivity contribution is 7.11. The van der Waals surface area contributed by atoms with E-state index in [9.17, 15) is 4.79 Å². The minimum atomic E-state index is -0.0708. The molecule has 1 spiro atoms. The van der Waals surface area contributed by atoms with Crippen molar-refractivity contribution in [2.75, 3.05) is 13.1 Å². The quantitative estimate of drug-likeness (QED) is 0.693. The van der Waals surface area contributed by atoms with E-state index in [1.165, 1.54) is 9.75 Å². The second-order valence-corrected chi connectivity index (χ2v) is 9.07. The molecular formula is C19H22N6OS. The predicted molar refractivity (Wildman–Crippen MR) is 104 cm³/mol. The lowest BCUT2D eigenvalue weighted by Crippen LogP contribution is -2.33. The van der Waals surface area contributed by atoms with Gasteiger partial charge in [-0.1, -0.05) is 0 Å². The standard InChI is InChI=1S/C19H22N6OS/c1-13-3-4-14(27-13)11-24-8-5-19(12-24)6-9-25-17(26)15(21-22-18(19)25)16-20-7-10-23(16)2/h3-4,7,10H,5-6,8-9,11-12H2,1-2H3. The van der Waals surface area contributed by atoms with E-state index in [0.717, 1.165) is 38.3 Å². The third-order valence-electron chi connectivity index (χ3n) is 5.88. The van der Waals surface area contributed by atoms with Crippen molar-refractivity contribution in [3.63, 3.8) is 0 Å². The number of hydrogen-bond donors (Lipinski definition) is 0. The molecular weight excluding hydrogens is 360 g/mol. The molecule has 0 amide bonds. The molecule has 5 rings (SSSR count). The van der Waals surface area contributed by atoms with E-state index in [2.05, 4.69) is 39.1 Å². The van der Waals surface area contributed by atoms with E-state index >= 15 is 0 Å². The summed E-state index contributed by atoms with van der Waals surface area (Å²) >= 11 is 1.86. The number of thiophene rings is 1. The van der Waals surface area contributed by atoms with Crippen molar-refractivity contribution < 1.29 is 0 Å². The van der Waals surface area contributed by atoms with Crippen LogP contribution < -0.4 is 5.56 Å². The van der Waals surface area contributed by atoms with Crippen molar-refractivity contribution in [3.8, 4) is 11.5 Å². The van der Waals surface area contributed by atoms with Crippen molar-refractivity contribution in [2.24, 2.45) is 7.05 Å². The zero-order valence-corrected chi connectivity index (χ0v) is 16.4. The highest BCUT2D eigenvalue weighted by Gasteiger charge is 2.47. The van der Waals surface area contributed by atoms with E-state index in [1.807, 2.05) is 33.7 Å². The number of fused-ring (bicyclic) bond motifs is 2. The molecule has 140 valence electrons. The van der Waals surface area contributed by atoms with Gasteiger partial charge >= 0.3 is 0 Å². The Morgan fingerprint density at radius 2 is 2.07 bits per heavy atom. The van der Waals surface area contributed by atoms with E-state index < -0.39 is 0 Å². The van der Waals surface area contributed by atoms with Crippen LogP contribution in [0.25, 0.3) is 11.5 Å². The first-order valence-corrected chi connectivity index (χ1v) is 10.1. The number of hydrogen-bond acceptors (Lipinski definition) is 6. The molecule has 0 radical (unpaired) electrons. The van der Waals surface area contributed by atoms with Gasteiger partial charge in [0, 0.05) is 54.2 Å². The molecule has 5 heterocycles. The summed E-state index contributed by atoms with van der Waals surface area (Å²) in [6.45, 7) is 5.82. The molecule has 1 atom stereocenters. The van der Waals surface area contributed by atoms with Crippen LogP contribution >= 0.6 is 11.3 Å². The lowest BCUT2D eigenvalue weighted by atomic mass is 9.85. The van der Waals surface area contributed by atoms with E-state index in [4.69, 9.17) is 0 Å². The fourth-order valence-corrected chi connectivity index (χ4v) is 5.39. The summed E-state index contributed by atoms with van der Waals surface area (Å²) in [6, 6.07) is 4.40. The Balaban J connectivity index is 1.44. The van der Waals surface area contributed by atoms with Gasteiger partial charge in [0.15, 0.2) is 11.5 Å². The summed E-state index contributed by atoms with van der Waals surface area (Å²) in [5.41, 5.74) is 0.226. The van der Waals surface area contributed by atoms with Crippen molar-refractivity contribution in [2.45, 2.75) is 38.3 Å². The SMILES string of the molecule is Cc1ccc(CN2CCC3(CCn4c3nnc(-c3nccn3C)c4=O)C2)s1. The van der Waals surface area contributed by atoms with Crippen LogP contribution in [0.5, 0.6) is 0 Å². The van der Waals surface area contributed by atoms with Gasteiger partial charge in [-0.25, -0.2) is 4.98 Å². The van der Waals surface area contributed by atoms with E-state index in [-0.39, 0.29) is 11.0 Å². The van der Waals surface area contributed by atoms with Crippen LogP contribution in [-0.4, -0.2) is 42.3 Å². The van der Waals surface area contributed by atoms with Gasteiger partial charge in [-0.3, -0.25) is 14.3 Å². The minimum Gasteiger partial charge on any atom is -0.333 e. The maximum Gasteiger partial charge on any atom is 0.283 e. The van der Waals surface area contributed by atoms with Crippen molar-refractivity contribution in [3.05, 3.63) is 50.5 Å². The van der Waals surface area contributed by atoms with Crippen molar-refractivity contribution in [1.29, 1.82) is 0 Å². The molecule has 0 N–H and O–H groups in total. The second-order valence-electron chi connectivity index (χ2n) is 7.69. The molecule has 27 heavy (non-hydrogen) atoms. The molecule has 0 aromatic carbocycles. The second kappa shape index (κ2) is 6.10. The largest absolute Gasteiger partial charge is 0.333 e. The smallest absolute Gasteiger partial charge is 0.283 e. The monoisotopic (exact) mass is 382 g/mol. The fraction of sp³-hybridized carbons (Fsp3) is 0.474. The van der Waals surface area contributed by atoms with Gasteiger partial charge < -0.3 is 4.57 Å². The number of imidazole rings is 1. The average Bonchev–Trinajstić information content (AvgIpc) is 3.41. The Labute approximate surface area is 161 Å². The number of rotatable bonds is 3. The van der Waals surface area contributed by atoms with Crippen LogP contribution in [0.15, 0.2) is 29.3 Å². The lowest BCUT2D eigenvalue weighted by Gasteiger charge is -2.22. The third kappa shape index (κ3) is 2.66. The Kier molecular flexibility index (Phi) is 3.80. The fourth-order valence-electron chi connectivity index (χ4n) is 4.46. The van der Waals surface area contributed by atoms with Gasteiger partial charge in [-0.2, -0.15) is 0 Å². The van der Waals surface area contributed by atoms with Crippen LogP contribution in [0.1, 0.15) is 28.4 Å². The molecule has 1 saturated heterocycles.